The van der Waals surface area contributed by atoms with Gasteiger partial charge in [0.05, 0.1) is 30.5 Å². The molecule has 2 N–H and O–H groups in total. The van der Waals surface area contributed by atoms with Gasteiger partial charge in [-0.25, -0.2) is 5.48 Å². The van der Waals surface area contributed by atoms with Gasteiger partial charge in [-0.3, -0.25) is 24.7 Å². The monoisotopic (exact) mass is 513 g/mol. The summed E-state index contributed by atoms with van der Waals surface area (Å²) in [5, 5.41) is 9.85. The summed E-state index contributed by atoms with van der Waals surface area (Å²) in [6, 6.07) is 14.8. The van der Waals surface area contributed by atoms with Gasteiger partial charge in [-0.1, -0.05) is 18.2 Å². The molecular formula is C26H22F3N3O5. The molecule has 4 rings (SSSR count). The first-order chi connectivity index (χ1) is 17.7. The van der Waals surface area contributed by atoms with Crippen LogP contribution in [0.3, 0.4) is 0 Å². The number of halogens is 3. The number of alkyl halides is 3. The number of pyridine rings is 1. The molecule has 0 bridgehead atoms. The van der Waals surface area contributed by atoms with E-state index in [0.29, 0.717) is 10.6 Å². The van der Waals surface area contributed by atoms with Gasteiger partial charge >= 0.3 is 12.1 Å². The van der Waals surface area contributed by atoms with Crippen LogP contribution in [0, 0.1) is 6.92 Å². The third-order valence-corrected chi connectivity index (χ3v) is 5.64. The number of anilines is 1. The lowest BCUT2D eigenvalue weighted by atomic mass is 10.0. The van der Waals surface area contributed by atoms with E-state index in [1.807, 2.05) is 37.3 Å². The fraction of sp³-hybridized carbons (Fsp3) is 0.192. The minimum Gasteiger partial charge on any atom is -0.489 e. The number of benzene rings is 2. The molecule has 11 heteroatoms. The van der Waals surface area contributed by atoms with E-state index in [9.17, 15) is 22.8 Å². The minimum atomic E-state index is -5.23. The van der Waals surface area contributed by atoms with Crippen LogP contribution in [0.2, 0.25) is 0 Å². The molecule has 2 amide bonds. The molecule has 2 aromatic heterocycles. The van der Waals surface area contributed by atoms with Crippen LogP contribution in [0.1, 0.15) is 29.3 Å². The Morgan fingerprint density at radius 2 is 1.86 bits per heavy atom. The van der Waals surface area contributed by atoms with Crippen molar-refractivity contribution in [1.82, 2.24) is 10.5 Å². The number of aryl methyl sites for hydroxylation is 1. The molecule has 0 radical (unpaired) electrons. The number of furan rings is 1. The Hall–Kier alpha value is -4.38. The lowest BCUT2D eigenvalue weighted by Gasteiger charge is -2.31. The molecule has 0 saturated carbocycles. The molecule has 0 aliphatic heterocycles. The van der Waals surface area contributed by atoms with Crippen LogP contribution in [-0.4, -0.2) is 28.2 Å². The minimum absolute atomic E-state index is 0.128. The van der Waals surface area contributed by atoms with Crippen molar-refractivity contribution in [1.29, 1.82) is 0 Å². The smallest absolute Gasteiger partial charge is 0.471 e. The first-order valence-corrected chi connectivity index (χ1v) is 11.1. The number of hydrogen-bond donors (Lipinski definition) is 2. The van der Waals surface area contributed by atoms with Crippen molar-refractivity contribution < 1.29 is 37.1 Å². The van der Waals surface area contributed by atoms with Crippen LogP contribution < -0.4 is 15.1 Å². The number of carbonyl (C=O) groups excluding carboxylic acids is 2. The van der Waals surface area contributed by atoms with E-state index in [0.717, 1.165) is 28.4 Å². The zero-order valence-corrected chi connectivity index (χ0v) is 19.5. The molecule has 192 valence electrons. The van der Waals surface area contributed by atoms with Gasteiger partial charge in [0.25, 0.3) is 0 Å². The number of hydrogen-bond acceptors (Lipinski definition) is 6. The number of ether oxygens (including phenoxy) is 1. The highest BCUT2D eigenvalue weighted by molar-refractivity contribution is 5.98. The summed E-state index contributed by atoms with van der Waals surface area (Å²) in [6.07, 6.45) is -3.54. The second-order valence-electron chi connectivity index (χ2n) is 8.21. The summed E-state index contributed by atoms with van der Waals surface area (Å²) >= 11 is 0. The summed E-state index contributed by atoms with van der Waals surface area (Å²) in [6.45, 7) is 2.05. The van der Waals surface area contributed by atoms with Crippen LogP contribution in [0.4, 0.5) is 18.9 Å². The topological polar surface area (TPSA) is 105 Å². The van der Waals surface area contributed by atoms with Crippen LogP contribution in [-0.2, 0) is 16.2 Å². The molecule has 8 nitrogen and oxygen atoms in total. The average molecular weight is 513 g/mol. The van der Waals surface area contributed by atoms with E-state index in [2.05, 4.69) is 4.98 Å². The van der Waals surface area contributed by atoms with Gasteiger partial charge in [-0.05, 0) is 49.4 Å². The van der Waals surface area contributed by atoms with Gasteiger partial charge in [0.15, 0.2) is 0 Å². The largest absolute Gasteiger partial charge is 0.489 e. The molecule has 0 aliphatic carbocycles. The Labute approximate surface area is 209 Å². The van der Waals surface area contributed by atoms with Crippen LogP contribution in [0.25, 0.3) is 10.9 Å². The van der Waals surface area contributed by atoms with Crippen molar-refractivity contribution in [2.24, 2.45) is 0 Å². The fourth-order valence-electron chi connectivity index (χ4n) is 4.00. The number of carbonyl (C=O) groups is 2. The molecule has 1 unspecified atom stereocenters. The van der Waals surface area contributed by atoms with Crippen molar-refractivity contribution >= 4 is 28.4 Å². The van der Waals surface area contributed by atoms with Gasteiger partial charge in [-0.2, -0.15) is 13.2 Å². The lowest BCUT2D eigenvalue weighted by molar-refractivity contribution is -0.171. The summed E-state index contributed by atoms with van der Waals surface area (Å²) in [5.74, 6) is -2.81. The van der Waals surface area contributed by atoms with Gasteiger partial charge in [0.1, 0.15) is 12.4 Å². The number of aromatic nitrogens is 1. The Kier molecular flexibility index (Phi) is 7.44. The maximum absolute atomic E-state index is 13.6. The Bertz CT molecular complexity index is 1390. The third-order valence-electron chi connectivity index (χ3n) is 5.64. The number of nitrogens with one attached hydrogen (secondary N) is 1. The molecule has 2 aromatic carbocycles. The molecule has 4 aromatic rings. The third kappa shape index (κ3) is 5.89. The van der Waals surface area contributed by atoms with E-state index in [4.69, 9.17) is 14.4 Å². The molecule has 0 spiro atoms. The fourth-order valence-corrected chi connectivity index (χ4v) is 4.00. The zero-order chi connectivity index (χ0) is 26.6. The van der Waals surface area contributed by atoms with E-state index >= 15 is 0 Å². The highest BCUT2D eigenvalue weighted by atomic mass is 19.4. The van der Waals surface area contributed by atoms with Crippen LogP contribution in [0.5, 0.6) is 5.75 Å². The highest BCUT2D eigenvalue weighted by Gasteiger charge is 2.46. The van der Waals surface area contributed by atoms with Gasteiger partial charge in [0.2, 0.25) is 5.91 Å². The maximum Gasteiger partial charge on any atom is 0.471 e. The number of para-hydroxylation sites is 1. The maximum atomic E-state index is 13.6. The molecular weight excluding hydrogens is 491 g/mol. The Balaban J connectivity index is 1.62. The van der Waals surface area contributed by atoms with Crippen molar-refractivity contribution in [2.45, 2.75) is 32.2 Å². The van der Waals surface area contributed by atoms with E-state index in [1.165, 1.54) is 42.1 Å². The number of rotatable bonds is 8. The number of amides is 2. The van der Waals surface area contributed by atoms with E-state index in [-0.39, 0.29) is 17.9 Å². The van der Waals surface area contributed by atoms with Crippen molar-refractivity contribution in [3.63, 3.8) is 0 Å². The van der Waals surface area contributed by atoms with Crippen LogP contribution >= 0.6 is 0 Å². The predicted octanol–water partition coefficient (Wildman–Crippen LogP) is 5.25. The first kappa shape index (κ1) is 25.7. The average Bonchev–Trinajstić information content (AvgIpc) is 3.41. The molecule has 0 fully saturated rings. The van der Waals surface area contributed by atoms with Crippen LogP contribution in [0.15, 0.2) is 77.6 Å². The Morgan fingerprint density at radius 1 is 1.14 bits per heavy atom. The molecule has 1 atom stereocenters. The summed E-state index contributed by atoms with van der Waals surface area (Å²) < 4.78 is 51.5. The highest BCUT2D eigenvalue weighted by Crippen LogP contribution is 2.35. The van der Waals surface area contributed by atoms with Crippen molar-refractivity contribution in [2.75, 3.05) is 4.90 Å². The number of fused-ring (bicyclic) bond motifs is 1. The SMILES string of the molecule is Cc1cc(COc2ccc(N(C(=O)C(F)(F)F)C(CC(=O)NO)c3ccoc3)cc2)c2ccccc2n1. The predicted molar refractivity (Wildman–Crippen MR) is 127 cm³/mol. The second-order valence-corrected chi connectivity index (χ2v) is 8.21. The molecule has 0 aliphatic rings. The number of hydroxylamine groups is 1. The lowest BCUT2D eigenvalue weighted by Crippen LogP contribution is -2.44. The van der Waals surface area contributed by atoms with E-state index in [1.54, 1.807) is 0 Å². The summed E-state index contributed by atoms with van der Waals surface area (Å²) in [7, 11) is 0. The van der Waals surface area contributed by atoms with Crippen molar-refractivity contribution in [3.05, 3.63) is 90.0 Å². The van der Waals surface area contributed by atoms with Gasteiger partial charge in [-0.15, -0.1) is 0 Å². The quantitative estimate of drug-likeness (QED) is 0.246. The molecule has 37 heavy (non-hydrogen) atoms. The Morgan fingerprint density at radius 3 is 2.51 bits per heavy atom. The number of nitrogens with zero attached hydrogens (tertiary/aromatic N) is 2. The summed E-state index contributed by atoms with van der Waals surface area (Å²) in [4.78, 5) is 29.3. The molecule has 0 saturated heterocycles. The standard InChI is InChI=1S/C26H22F3N3O5/c1-16-12-18(21-4-2-3-5-22(21)30-16)15-37-20-8-6-19(7-9-20)32(25(34)26(27,28)29)23(13-24(33)31-35)17-10-11-36-14-17/h2-12,14,23,35H,13,15H2,1H3,(H,31,33). The first-order valence-electron chi connectivity index (χ1n) is 11.1. The zero-order valence-electron chi connectivity index (χ0n) is 19.5. The van der Waals surface area contributed by atoms with Gasteiger partial charge < -0.3 is 9.15 Å². The second kappa shape index (κ2) is 10.7. The van der Waals surface area contributed by atoms with E-state index < -0.39 is 30.5 Å². The summed E-state index contributed by atoms with van der Waals surface area (Å²) in [5.41, 5.74) is 3.91. The van der Waals surface area contributed by atoms with Crippen molar-refractivity contribution in [3.8, 4) is 5.75 Å². The molecule has 2 heterocycles. The normalized spacial score (nSPS) is 12.2. The van der Waals surface area contributed by atoms with Gasteiger partial charge in [0, 0.05) is 27.9 Å².